The van der Waals surface area contributed by atoms with Crippen molar-refractivity contribution in [1.29, 1.82) is 0 Å². The molecule has 0 unspecified atom stereocenters. The molecular weight excluding hydrogens is 279 g/mol. The van der Waals surface area contributed by atoms with E-state index in [-0.39, 0.29) is 23.0 Å². The molecule has 0 amide bonds. The number of hydrogen-bond acceptors (Lipinski definition) is 2. The Morgan fingerprint density at radius 3 is 2.71 bits per heavy atom. The summed E-state index contributed by atoms with van der Waals surface area (Å²) in [5.41, 5.74) is -0.0330. The first-order chi connectivity index (χ1) is 6.60. The van der Waals surface area contributed by atoms with Gasteiger partial charge < -0.3 is 4.74 Å². The van der Waals surface area contributed by atoms with Crippen molar-refractivity contribution in [2.24, 2.45) is 0 Å². The van der Waals surface area contributed by atoms with Crippen molar-refractivity contribution in [3.63, 3.8) is 0 Å². The molecule has 0 N–H and O–H groups in total. The van der Waals surface area contributed by atoms with Crippen molar-refractivity contribution in [1.82, 2.24) is 4.98 Å². The first-order valence-corrected chi connectivity index (χ1v) is 5.00. The third-order valence-corrected chi connectivity index (χ3v) is 2.43. The molecule has 1 aromatic heterocycles. The molecule has 1 rings (SSSR count). The van der Waals surface area contributed by atoms with E-state index in [0.717, 1.165) is 0 Å². The van der Waals surface area contributed by atoms with Crippen LogP contribution in [0.25, 0.3) is 0 Å². The third-order valence-electron chi connectivity index (χ3n) is 1.61. The van der Waals surface area contributed by atoms with Gasteiger partial charge in [-0.3, -0.25) is 0 Å². The molecule has 0 aromatic carbocycles. The van der Waals surface area contributed by atoms with Crippen LogP contribution in [0.1, 0.15) is 17.7 Å². The van der Waals surface area contributed by atoms with E-state index in [0.29, 0.717) is 4.47 Å². The van der Waals surface area contributed by atoms with E-state index in [1.165, 1.54) is 13.2 Å². The normalized spacial score (nSPS) is 10.7. The lowest BCUT2D eigenvalue weighted by atomic mass is 10.2. The second-order valence-corrected chi connectivity index (χ2v) is 3.57. The Morgan fingerprint density at radius 1 is 1.64 bits per heavy atom. The summed E-state index contributed by atoms with van der Waals surface area (Å²) in [6, 6.07) is 1.27. The van der Waals surface area contributed by atoms with Crippen molar-refractivity contribution >= 4 is 27.5 Å². The summed E-state index contributed by atoms with van der Waals surface area (Å²) in [7, 11) is 1.41. The summed E-state index contributed by atoms with van der Waals surface area (Å²) in [4.78, 5) is 3.85. The number of halogens is 4. The van der Waals surface area contributed by atoms with Gasteiger partial charge in [0.05, 0.1) is 23.2 Å². The molecule has 14 heavy (non-hydrogen) atoms. The van der Waals surface area contributed by atoms with E-state index in [1.54, 1.807) is 0 Å². The minimum absolute atomic E-state index is 0.0662. The Kier molecular flexibility index (Phi) is 4.07. The predicted molar refractivity (Wildman–Crippen MR) is 53.0 cm³/mol. The maximum atomic E-state index is 12.5. The van der Waals surface area contributed by atoms with Gasteiger partial charge in [-0.15, -0.1) is 11.6 Å². The Hall–Kier alpha value is -0.420. The maximum absolute atomic E-state index is 12.5. The first-order valence-electron chi connectivity index (χ1n) is 3.67. The number of aromatic nitrogens is 1. The van der Waals surface area contributed by atoms with Gasteiger partial charge in [0, 0.05) is 5.56 Å². The molecule has 0 aliphatic heterocycles. The van der Waals surface area contributed by atoms with Crippen LogP contribution < -0.4 is 4.74 Å². The van der Waals surface area contributed by atoms with Crippen molar-refractivity contribution in [2.75, 3.05) is 7.11 Å². The van der Waals surface area contributed by atoms with Gasteiger partial charge in [0.25, 0.3) is 6.43 Å². The number of pyridine rings is 1. The predicted octanol–water partition coefficient (Wildman–Crippen LogP) is 3.53. The smallest absolute Gasteiger partial charge is 0.265 e. The molecule has 1 heterocycles. The van der Waals surface area contributed by atoms with E-state index < -0.39 is 6.43 Å². The molecule has 2 nitrogen and oxygen atoms in total. The molecule has 0 spiro atoms. The molecular formula is C8H7BrClF2NO. The van der Waals surface area contributed by atoms with E-state index in [9.17, 15) is 8.78 Å². The lowest BCUT2D eigenvalue weighted by Crippen LogP contribution is -1.99. The summed E-state index contributed by atoms with van der Waals surface area (Å²) in [6.45, 7) is 0. The van der Waals surface area contributed by atoms with Crippen LogP contribution in [0.2, 0.25) is 0 Å². The van der Waals surface area contributed by atoms with Crippen LogP contribution in [-0.2, 0) is 5.88 Å². The molecule has 0 aliphatic carbocycles. The highest BCUT2D eigenvalue weighted by molar-refractivity contribution is 9.10. The highest BCUT2D eigenvalue weighted by atomic mass is 79.9. The molecule has 0 saturated carbocycles. The van der Waals surface area contributed by atoms with E-state index >= 15 is 0 Å². The Balaban J connectivity index is 3.24. The van der Waals surface area contributed by atoms with Crippen LogP contribution in [0.5, 0.6) is 5.88 Å². The van der Waals surface area contributed by atoms with Crippen LogP contribution in [0.15, 0.2) is 10.5 Å². The Bertz CT molecular complexity index is 335. The molecule has 1 aromatic rings. The van der Waals surface area contributed by atoms with Crippen molar-refractivity contribution in [3.8, 4) is 5.88 Å². The Morgan fingerprint density at radius 2 is 2.29 bits per heavy atom. The van der Waals surface area contributed by atoms with Gasteiger partial charge in [0.15, 0.2) is 0 Å². The number of rotatable bonds is 3. The van der Waals surface area contributed by atoms with Crippen LogP contribution in [0.3, 0.4) is 0 Å². The fourth-order valence-corrected chi connectivity index (χ4v) is 1.67. The number of ether oxygens (including phenoxy) is 1. The second-order valence-electron chi connectivity index (χ2n) is 2.45. The SMILES string of the molecule is COc1nc(CCl)c(C(F)F)cc1Br. The summed E-state index contributed by atoms with van der Waals surface area (Å²) >= 11 is 8.57. The third kappa shape index (κ3) is 2.33. The highest BCUT2D eigenvalue weighted by Gasteiger charge is 2.17. The van der Waals surface area contributed by atoms with E-state index in [1.807, 2.05) is 0 Å². The molecule has 0 fully saturated rings. The summed E-state index contributed by atoms with van der Waals surface area (Å²) < 4.78 is 30.2. The number of hydrogen-bond donors (Lipinski definition) is 0. The minimum atomic E-state index is -2.58. The highest BCUT2D eigenvalue weighted by Crippen LogP contribution is 2.31. The standard InChI is InChI=1S/C8H7BrClF2NO/c1-14-8-5(9)2-4(7(11)12)6(3-10)13-8/h2,7H,3H2,1H3. The van der Waals surface area contributed by atoms with Gasteiger partial charge in [-0.05, 0) is 22.0 Å². The van der Waals surface area contributed by atoms with Gasteiger partial charge >= 0.3 is 0 Å². The van der Waals surface area contributed by atoms with Crippen molar-refractivity contribution in [3.05, 3.63) is 21.8 Å². The fourth-order valence-electron chi connectivity index (χ4n) is 0.961. The quantitative estimate of drug-likeness (QED) is 0.793. The number of methoxy groups -OCH3 is 1. The van der Waals surface area contributed by atoms with Gasteiger partial charge in [-0.1, -0.05) is 0 Å². The summed E-state index contributed by atoms with van der Waals surface area (Å²) in [6.07, 6.45) is -2.58. The van der Waals surface area contributed by atoms with Crippen molar-refractivity contribution < 1.29 is 13.5 Å². The molecule has 0 atom stereocenters. The number of alkyl halides is 3. The van der Waals surface area contributed by atoms with Gasteiger partial charge in [0.1, 0.15) is 0 Å². The zero-order chi connectivity index (χ0) is 10.7. The van der Waals surface area contributed by atoms with E-state index in [2.05, 4.69) is 20.9 Å². The summed E-state index contributed by atoms with van der Waals surface area (Å²) in [5.74, 6) is 0.189. The summed E-state index contributed by atoms with van der Waals surface area (Å²) in [5, 5.41) is 0. The zero-order valence-corrected chi connectivity index (χ0v) is 9.57. The molecule has 6 heteroatoms. The maximum Gasteiger partial charge on any atom is 0.265 e. The molecule has 0 bridgehead atoms. The lowest BCUT2D eigenvalue weighted by Gasteiger charge is -2.09. The topological polar surface area (TPSA) is 22.1 Å². The first kappa shape index (κ1) is 11.7. The average Bonchev–Trinajstić information content (AvgIpc) is 2.17. The molecule has 0 saturated heterocycles. The van der Waals surface area contributed by atoms with Crippen LogP contribution in [-0.4, -0.2) is 12.1 Å². The van der Waals surface area contributed by atoms with Crippen LogP contribution in [0, 0.1) is 0 Å². The lowest BCUT2D eigenvalue weighted by molar-refractivity contribution is 0.149. The monoisotopic (exact) mass is 285 g/mol. The van der Waals surface area contributed by atoms with Crippen LogP contribution in [0.4, 0.5) is 8.78 Å². The van der Waals surface area contributed by atoms with Crippen molar-refractivity contribution in [2.45, 2.75) is 12.3 Å². The van der Waals surface area contributed by atoms with E-state index in [4.69, 9.17) is 16.3 Å². The molecule has 78 valence electrons. The van der Waals surface area contributed by atoms with Crippen LogP contribution >= 0.6 is 27.5 Å². The molecule has 0 aliphatic rings. The van der Waals surface area contributed by atoms with Gasteiger partial charge in [0.2, 0.25) is 5.88 Å². The second kappa shape index (κ2) is 4.89. The minimum Gasteiger partial charge on any atom is -0.480 e. The van der Waals surface area contributed by atoms with Gasteiger partial charge in [-0.25, -0.2) is 13.8 Å². The average molecular weight is 287 g/mol. The fraction of sp³-hybridized carbons (Fsp3) is 0.375. The molecule has 0 radical (unpaired) electrons. The number of nitrogens with zero attached hydrogens (tertiary/aromatic N) is 1. The zero-order valence-electron chi connectivity index (χ0n) is 7.23. The van der Waals surface area contributed by atoms with Gasteiger partial charge in [-0.2, -0.15) is 0 Å². The Labute approximate surface area is 93.4 Å². The largest absolute Gasteiger partial charge is 0.480 e.